The van der Waals surface area contributed by atoms with E-state index in [2.05, 4.69) is 52.1 Å². The maximum absolute atomic E-state index is 12.6. The Hall–Kier alpha value is -2.49. The molecule has 0 radical (unpaired) electrons. The van der Waals surface area contributed by atoms with Gasteiger partial charge in [-0.1, -0.05) is 46.8 Å². The quantitative estimate of drug-likeness (QED) is 0.509. The summed E-state index contributed by atoms with van der Waals surface area (Å²) in [6.45, 7) is 11.9. The van der Waals surface area contributed by atoms with Gasteiger partial charge in [-0.15, -0.1) is 0 Å². The van der Waals surface area contributed by atoms with Gasteiger partial charge in [0, 0.05) is 11.3 Å². The van der Waals surface area contributed by atoms with E-state index in [1.54, 1.807) is 18.2 Å². The number of nitrogen functional groups attached to an aromatic ring is 2. The average Bonchev–Trinajstić information content (AvgIpc) is 2.69. The van der Waals surface area contributed by atoms with Gasteiger partial charge in [0.2, 0.25) is 0 Å². The Bertz CT molecular complexity index is 885. The molecular weight excluding hydrogens is 370 g/mol. The van der Waals surface area contributed by atoms with Crippen LogP contribution in [0.15, 0.2) is 42.5 Å². The van der Waals surface area contributed by atoms with E-state index in [1.165, 1.54) is 31.2 Å². The lowest BCUT2D eigenvalue weighted by Crippen LogP contribution is -2.38. The van der Waals surface area contributed by atoms with Gasteiger partial charge in [0.25, 0.3) is 5.91 Å². The van der Waals surface area contributed by atoms with Crippen LogP contribution >= 0.6 is 0 Å². The number of hydrogen-bond acceptors (Lipinski definition) is 3. The first-order valence-electron chi connectivity index (χ1n) is 11.1. The van der Waals surface area contributed by atoms with Crippen molar-refractivity contribution in [2.45, 2.75) is 66.2 Å². The number of carbonyl (C=O) groups is 1. The zero-order chi connectivity index (χ0) is 22.1. The molecule has 1 fully saturated rings. The average molecular weight is 408 g/mol. The Morgan fingerprint density at radius 1 is 0.900 bits per heavy atom. The number of rotatable bonds is 4. The molecule has 162 valence electrons. The van der Waals surface area contributed by atoms with Crippen molar-refractivity contribution in [3.63, 3.8) is 0 Å². The minimum atomic E-state index is -0.159. The predicted octanol–water partition coefficient (Wildman–Crippen LogP) is 6.45. The second-order valence-corrected chi connectivity index (χ2v) is 10.4. The van der Waals surface area contributed by atoms with E-state index >= 15 is 0 Å². The van der Waals surface area contributed by atoms with Gasteiger partial charge in [0.15, 0.2) is 0 Å². The molecule has 0 unspecified atom stereocenters. The van der Waals surface area contributed by atoms with Crippen LogP contribution in [0.2, 0.25) is 0 Å². The van der Waals surface area contributed by atoms with Crippen LogP contribution in [0.3, 0.4) is 0 Å². The van der Waals surface area contributed by atoms with Crippen LogP contribution < -0.4 is 16.8 Å². The summed E-state index contributed by atoms with van der Waals surface area (Å²) >= 11 is 0. The van der Waals surface area contributed by atoms with Gasteiger partial charge in [-0.2, -0.15) is 0 Å². The number of benzene rings is 2. The molecule has 1 saturated carbocycles. The summed E-state index contributed by atoms with van der Waals surface area (Å²) in [6.07, 6.45) is 4.98. The third kappa shape index (κ3) is 4.63. The lowest BCUT2D eigenvalue weighted by atomic mass is 9.57. The molecule has 2 aromatic rings. The van der Waals surface area contributed by atoms with Crippen LogP contribution in [-0.4, -0.2) is 5.91 Å². The van der Waals surface area contributed by atoms with Crippen LogP contribution in [0.4, 0.5) is 17.1 Å². The second-order valence-electron chi connectivity index (χ2n) is 10.4. The Balaban J connectivity index is 1.62. The van der Waals surface area contributed by atoms with E-state index in [-0.39, 0.29) is 5.91 Å². The van der Waals surface area contributed by atoms with Crippen LogP contribution in [0.1, 0.15) is 82.1 Å². The molecule has 3 rings (SSSR count). The van der Waals surface area contributed by atoms with Crippen molar-refractivity contribution in [1.29, 1.82) is 0 Å². The maximum Gasteiger partial charge on any atom is 0.255 e. The second kappa shape index (κ2) is 8.33. The molecule has 1 amide bonds. The number of hydrogen-bond donors (Lipinski definition) is 3. The highest BCUT2D eigenvalue weighted by Crippen LogP contribution is 2.51. The highest BCUT2D eigenvalue weighted by Gasteiger charge is 2.41. The fraction of sp³-hybridized carbons (Fsp3) is 0.500. The summed E-state index contributed by atoms with van der Waals surface area (Å²) in [5.41, 5.74) is 15.9. The van der Waals surface area contributed by atoms with Gasteiger partial charge < -0.3 is 16.8 Å². The van der Waals surface area contributed by atoms with Crippen molar-refractivity contribution in [2.75, 3.05) is 16.8 Å². The highest BCUT2D eigenvalue weighted by atomic mass is 16.1. The molecule has 30 heavy (non-hydrogen) atoms. The number of nitrogens with one attached hydrogen (secondary N) is 1. The Morgan fingerprint density at radius 2 is 1.50 bits per heavy atom. The first-order valence-corrected chi connectivity index (χ1v) is 11.1. The van der Waals surface area contributed by atoms with Crippen LogP contribution in [0.5, 0.6) is 0 Å². The van der Waals surface area contributed by atoms with Gasteiger partial charge >= 0.3 is 0 Å². The minimum absolute atomic E-state index is 0.159. The summed E-state index contributed by atoms with van der Waals surface area (Å²) in [5, 5.41) is 2.87. The van der Waals surface area contributed by atoms with Gasteiger partial charge in [0.1, 0.15) is 0 Å². The SMILES string of the molecule is CC(C)(C)C(C)(C)C1CCC(c2ccc(C(=O)Nc3ccc(N)cc3N)cc2)CC1. The molecule has 0 atom stereocenters. The number of nitrogens with two attached hydrogens (primary N) is 2. The summed E-state index contributed by atoms with van der Waals surface area (Å²) in [6, 6.07) is 13.2. The normalized spacial score (nSPS) is 20.0. The van der Waals surface area contributed by atoms with Crippen molar-refractivity contribution >= 4 is 23.0 Å². The van der Waals surface area contributed by atoms with E-state index in [1.807, 2.05) is 12.1 Å². The Kier molecular flexibility index (Phi) is 6.16. The minimum Gasteiger partial charge on any atom is -0.399 e. The summed E-state index contributed by atoms with van der Waals surface area (Å²) in [4.78, 5) is 12.6. The van der Waals surface area contributed by atoms with E-state index in [0.717, 1.165) is 5.92 Å². The van der Waals surface area contributed by atoms with E-state index in [0.29, 0.717) is 39.4 Å². The lowest BCUT2D eigenvalue weighted by Gasteiger charge is -2.48. The zero-order valence-electron chi connectivity index (χ0n) is 19.1. The molecule has 1 aliphatic carbocycles. The number of amides is 1. The van der Waals surface area contributed by atoms with Crippen molar-refractivity contribution in [2.24, 2.45) is 16.7 Å². The highest BCUT2D eigenvalue weighted by molar-refractivity contribution is 6.05. The van der Waals surface area contributed by atoms with Gasteiger partial charge in [0.05, 0.1) is 11.4 Å². The largest absolute Gasteiger partial charge is 0.399 e. The van der Waals surface area contributed by atoms with E-state index in [4.69, 9.17) is 11.5 Å². The standard InChI is InChI=1S/C26H37N3O/c1-25(2,3)26(4,5)20-12-10-18(11-13-20)17-6-8-19(9-7-17)24(30)29-23-15-14-21(27)16-22(23)28/h6-9,14-16,18,20H,10-13,27-28H2,1-5H3,(H,29,30). The first-order chi connectivity index (χ1) is 14.0. The molecule has 0 saturated heterocycles. The molecule has 5 N–H and O–H groups in total. The summed E-state index contributed by atoms with van der Waals surface area (Å²) < 4.78 is 0. The van der Waals surface area contributed by atoms with Crippen molar-refractivity contribution in [3.05, 3.63) is 53.6 Å². The molecule has 0 spiro atoms. The van der Waals surface area contributed by atoms with Crippen LogP contribution in [-0.2, 0) is 0 Å². The fourth-order valence-electron chi connectivity index (χ4n) is 4.56. The lowest BCUT2D eigenvalue weighted by molar-refractivity contribution is 0.0295. The van der Waals surface area contributed by atoms with Crippen molar-refractivity contribution in [1.82, 2.24) is 0 Å². The van der Waals surface area contributed by atoms with E-state index < -0.39 is 0 Å². The molecule has 0 bridgehead atoms. The maximum atomic E-state index is 12.6. The molecule has 0 heterocycles. The number of anilines is 3. The van der Waals surface area contributed by atoms with Crippen LogP contribution in [0.25, 0.3) is 0 Å². The predicted molar refractivity (Wildman–Crippen MR) is 128 cm³/mol. The topological polar surface area (TPSA) is 81.1 Å². The fourth-order valence-corrected chi connectivity index (χ4v) is 4.56. The van der Waals surface area contributed by atoms with E-state index in [9.17, 15) is 4.79 Å². The first kappa shape index (κ1) is 22.2. The number of carbonyl (C=O) groups excluding carboxylic acids is 1. The van der Waals surface area contributed by atoms with Gasteiger partial charge in [-0.05, 0) is 84.2 Å². The molecule has 4 nitrogen and oxygen atoms in total. The molecule has 0 aliphatic heterocycles. The summed E-state index contributed by atoms with van der Waals surface area (Å²) in [5.74, 6) is 1.19. The third-order valence-corrected chi connectivity index (χ3v) is 7.65. The molecule has 0 aromatic heterocycles. The van der Waals surface area contributed by atoms with Crippen LogP contribution in [0, 0.1) is 16.7 Å². The summed E-state index contributed by atoms with van der Waals surface area (Å²) in [7, 11) is 0. The third-order valence-electron chi connectivity index (χ3n) is 7.65. The Labute approximate surface area is 181 Å². The molecule has 2 aromatic carbocycles. The molecular formula is C26H37N3O. The molecule has 4 heteroatoms. The Morgan fingerprint density at radius 3 is 2.03 bits per heavy atom. The van der Waals surface area contributed by atoms with Crippen molar-refractivity contribution in [3.8, 4) is 0 Å². The monoisotopic (exact) mass is 407 g/mol. The van der Waals surface area contributed by atoms with Gasteiger partial charge in [-0.25, -0.2) is 0 Å². The zero-order valence-corrected chi connectivity index (χ0v) is 19.1. The molecule has 1 aliphatic rings. The van der Waals surface area contributed by atoms with Crippen molar-refractivity contribution < 1.29 is 4.79 Å². The van der Waals surface area contributed by atoms with Gasteiger partial charge in [-0.3, -0.25) is 4.79 Å². The smallest absolute Gasteiger partial charge is 0.255 e.